The van der Waals surface area contributed by atoms with Crippen LogP contribution in [0.5, 0.6) is 0 Å². The number of nitrogens with zero attached hydrogens (tertiary/aromatic N) is 3. The molecule has 1 unspecified atom stereocenters. The van der Waals surface area contributed by atoms with Crippen molar-refractivity contribution >= 4 is 29.1 Å². The lowest BCUT2D eigenvalue weighted by atomic mass is 10.2. The molecule has 0 bridgehead atoms. The second-order valence-corrected chi connectivity index (χ2v) is 4.53. The van der Waals surface area contributed by atoms with Crippen LogP contribution >= 0.6 is 23.2 Å². The predicted octanol–water partition coefficient (Wildman–Crippen LogP) is 2.14. The van der Waals surface area contributed by atoms with E-state index in [9.17, 15) is 9.18 Å². The van der Waals surface area contributed by atoms with Gasteiger partial charge in [0.1, 0.15) is 5.82 Å². The van der Waals surface area contributed by atoms with E-state index in [1.54, 1.807) is 6.92 Å². The average Bonchev–Trinajstić information content (AvgIpc) is 2.87. The fourth-order valence-electron chi connectivity index (χ4n) is 1.39. The number of benzene rings is 1. The summed E-state index contributed by atoms with van der Waals surface area (Å²) in [4.78, 5) is 11.9. The molecule has 0 aliphatic rings. The van der Waals surface area contributed by atoms with Crippen molar-refractivity contribution in [2.75, 3.05) is 0 Å². The van der Waals surface area contributed by atoms with Crippen molar-refractivity contribution in [3.8, 4) is 0 Å². The maximum atomic E-state index is 13.3. The van der Waals surface area contributed by atoms with Gasteiger partial charge in [0, 0.05) is 0 Å². The van der Waals surface area contributed by atoms with E-state index in [4.69, 9.17) is 23.2 Å². The van der Waals surface area contributed by atoms with Gasteiger partial charge in [0.05, 0.1) is 21.7 Å². The molecule has 1 aromatic carbocycles. The van der Waals surface area contributed by atoms with E-state index in [2.05, 4.69) is 25.9 Å². The molecular weight excluding hydrogens is 296 g/mol. The minimum atomic E-state index is -0.719. The summed E-state index contributed by atoms with van der Waals surface area (Å²) in [5, 5.41) is 15.6. The lowest BCUT2D eigenvalue weighted by molar-refractivity contribution is 0.0938. The molecule has 2 aromatic rings. The Balaban J connectivity index is 2.19. The fraction of sp³-hybridized carbons (Fsp3) is 0.200. The van der Waals surface area contributed by atoms with Crippen LogP contribution in [0.3, 0.4) is 0 Å². The Hall–Kier alpha value is -1.73. The van der Waals surface area contributed by atoms with Gasteiger partial charge in [0.15, 0.2) is 5.82 Å². The molecule has 9 heteroatoms. The highest BCUT2D eigenvalue weighted by atomic mass is 35.5. The number of hydrogen-bond acceptors (Lipinski definition) is 4. The number of tetrazole rings is 1. The SMILES string of the molecule is CC(NC(=O)c1cc(F)c(Cl)cc1Cl)c1nn[nH]n1. The molecule has 6 nitrogen and oxygen atoms in total. The molecule has 1 aromatic heterocycles. The Morgan fingerprint density at radius 3 is 2.79 bits per heavy atom. The van der Waals surface area contributed by atoms with Crippen molar-refractivity contribution in [3.05, 3.63) is 39.4 Å². The number of H-pyrrole nitrogens is 1. The molecule has 0 aliphatic carbocycles. The summed E-state index contributed by atoms with van der Waals surface area (Å²) in [5.74, 6) is -0.972. The predicted molar refractivity (Wildman–Crippen MR) is 66.5 cm³/mol. The number of aromatic nitrogens is 4. The minimum absolute atomic E-state index is 0.0149. The van der Waals surface area contributed by atoms with Crippen molar-refractivity contribution in [2.24, 2.45) is 0 Å². The Morgan fingerprint density at radius 1 is 1.42 bits per heavy atom. The summed E-state index contributed by atoms with van der Waals surface area (Å²) >= 11 is 11.4. The Kier molecular flexibility index (Phi) is 3.96. The van der Waals surface area contributed by atoms with Gasteiger partial charge in [-0.2, -0.15) is 5.21 Å². The molecule has 1 amide bonds. The summed E-state index contributed by atoms with van der Waals surface area (Å²) in [6, 6.07) is 1.65. The topological polar surface area (TPSA) is 83.6 Å². The van der Waals surface area contributed by atoms with Crippen molar-refractivity contribution in [1.29, 1.82) is 0 Å². The zero-order valence-corrected chi connectivity index (χ0v) is 11.1. The molecule has 2 N–H and O–H groups in total. The van der Waals surface area contributed by atoms with E-state index in [-0.39, 0.29) is 15.6 Å². The van der Waals surface area contributed by atoms with Gasteiger partial charge < -0.3 is 5.32 Å². The Labute approximate surface area is 117 Å². The van der Waals surface area contributed by atoms with Crippen molar-refractivity contribution in [2.45, 2.75) is 13.0 Å². The first-order chi connectivity index (χ1) is 8.99. The van der Waals surface area contributed by atoms with Crippen LogP contribution in [0.25, 0.3) is 0 Å². The molecule has 1 atom stereocenters. The summed E-state index contributed by atoms with van der Waals surface area (Å²) in [5.41, 5.74) is -0.0149. The summed E-state index contributed by atoms with van der Waals surface area (Å²) in [6.07, 6.45) is 0. The van der Waals surface area contributed by atoms with Crippen LogP contribution in [0, 0.1) is 5.82 Å². The van der Waals surface area contributed by atoms with Crippen LogP contribution in [0.1, 0.15) is 29.1 Å². The third-order valence-corrected chi connectivity index (χ3v) is 2.95. The minimum Gasteiger partial charge on any atom is -0.342 e. The standard InChI is InChI=1S/C10H8Cl2FN5O/c1-4(9-15-17-18-16-9)14-10(19)5-2-8(13)7(12)3-6(5)11/h2-4H,1H3,(H,14,19)(H,15,16,17,18). The number of aromatic amines is 1. The molecule has 0 fully saturated rings. The molecular formula is C10H8Cl2FN5O. The second-order valence-electron chi connectivity index (χ2n) is 3.71. The quantitative estimate of drug-likeness (QED) is 0.851. The molecule has 19 heavy (non-hydrogen) atoms. The molecule has 0 radical (unpaired) electrons. The van der Waals surface area contributed by atoms with Crippen molar-refractivity contribution in [1.82, 2.24) is 25.9 Å². The smallest absolute Gasteiger partial charge is 0.253 e. The van der Waals surface area contributed by atoms with E-state index in [0.717, 1.165) is 6.07 Å². The Morgan fingerprint density at radius 2 is 2.16 bits per heavy atom. The average molecular weight is 304 g/mol. The molecule has 0 spiro atoms. The van der Waals surface area contributed by atoms with E-state index >= 15 is 0 Å². The first-order valence-electron chi connectivity index (χ1n) is 5.17. The van der Waals surface area contributed by atoms with Gasteiger partial charge in [0.2, 0.25) is 0 Å². The van der Waals surface area contributed by atoms with E-state index in [1.807, 2.05) is 0 Å². The third-order valence-electron chi connectivity index (χ3n) is 2.35. The van der Waals surface area contributed by atoms with Gasteiger partial charge in [-0.1, -0.05) is 28.4 Å². The highest BCUT2D eigenvalue weighted by Crippen LogP contribution is 2.24. The molecule has 100 valence electrons. The van der Waals surface area contributed by atoms with Gasteiger partial charge in [-0.3, -0.25) is 4.79 Å². The molecule has 0 aliphatic heterocycles. The first kappa shape index (κ1) is 13.7. The van der Waals surface area contributed by atoms with E-state index in [0.29, 0.717) is 5.82 Å². The van der Waals surface area contributed by atoms with E-state index < -0.39 is 17.8 Å². The zero-order valence-electron chi connectivity index (χ0n) is 9.62. The number of amides is 1. The largest absolute Gasteiger partial charge is 0.342 e. The number of rotatable bonds is 3. The lowest BCUT2D eigenvalue weighted by Gasteiger charge is -2.11. The van der Waals surface area contributed by atoms with E-state index in [1.165, 1.54) is 6.07 Å². The third kappa shape index (κ3) is 2.99. The summed E-state index contributed by atoms with van der Waals surface area (Å²) < 4.78 is 13.3. The number of halogens is 3. The number of hydrogen-bond donors (Lipinski definition) is 2. The molecule has 0 saturated heterocycles. The maximum Gasteiger partial charge on any atom is 0.253 e. The van der Waals surface area contributed by atoms with Crippen LogP contribution in [-0.4, -0.2) is 26.5 Å². The summed E-state index contributed by atoms with van der Waals surface area (Å²) in [6.45, 7) is 1.66. The summed E-state index contributed by atoms with van der Waals surface area (Å²) in [7, 11) is 0. The van der Waals surface area contributed by atoms with Gasteiger partial charge >= 0.3 is 0 Å². The maximum absolute atomic E-state index is 13.3. The number of carbonyl (C=O) groups is 1. The fourth-order valence-corrected chi connectivity index (χ4v) is 1.86. The highest BCUT2D eigenvalue weighted by Gasteiger charge is 2.18. The van der Waals surface area contributed by atoms with Gasteiger partial charge in [-0.15, -0.1) is 10.2 Å². The van der Waals surface area contributed by atoms with Crippen LogP contribution < -0.4 is 5.32 Å². The molecule has 0 saturated carbocycles. The van der Waals surface area contributed by atoms with Crippen molar-refractivity contribution < 1.29 is 9.18 Å². The van der Waals surface area contributed by atoms with Crippen molar-refractivity contribution in [3.63, 3.8) is 0 Å². The lowest BCUT2D eigenvalue weighted by Crippen LogP contribution is -2.27. The Bertz CT molecular complexity index is 604. The number of carbonyl (C=O) groups excluding carboxylic acids is 1. The highest BCUT2D eigenvalue weighted by molar-refractivity contribution is 6.36. The van der Waals surface area contributed by atoms with Crippen LogP contribution in [0.4, 0.5) is 4.39 Å². The van der Waals surface area contributed by atoms with Crippen LogP contribution in [0.15, 0.2) is 12.1 Å². The second kappa shape index (κ2) is 5.50. The van der Waals surface area contributed by atoms with Crippen LogP contribution in [-0.2, 0) is 0 Å². The number of nitrogens with one attached hydrogen (secondary N) is 2. The van der Waals surface area contributed by atoms with Gasteiger partial charge in [0.25, 0.3) is 5.91 Å². The zero-order chi connectivity index (χ0) is 14.0. The monoisotopic (exact) mass is 303 g/mol. The first-order valence-corrected chi connectivity index (χ1v) is 5.93. The molecule has 1 heterocycles. The van der Waals surface area contributed by atoms with Gasteiger partial charge in [-0.25, -0.2) is 4.39 Å². The van der Waals surface area contributed by atoms with Gasteiger partial charge in [-0.05, 0) is 19.1 Å². The normalized spacial score (nSPS) is 12.2. The molecule has 2 rings (SSSR count). The van der Waals surface area contributed by atoms with Crippen LogP contribution in [0.2, 0.25) is 10.0 Å².